The maximum atomic E-state index is 13.1. The first-order chi connectivity index (χ1) is 17.2. The summed E-state index contributed by atoms with van der Waals surface area (Å²) in [4.78, 5) is 50.5. The van der Waals surface area contributed by atoms with Gasteiger partial charge in [0.15, 0.2) is 0 Å². The number of likely N-dealkylation sites (tertiary alicyclic amines) is 1. The number of rotatable bonds is 8. The van der Waals surface area contributed by atoms with Crippen LogP contribution < -0.4 is 15.2 Å². The summed E-state index contributed by atoms with van der Waals surface area (Å²) in [6.07, 6.45) is -0.312. The van der Waals surface area contributed by atoms with Crippen LogP contribution in [0, 0.1) is 22.0 Å². The summed E-state index contributed by atoms with van der Waals surface area (Å²) >= 11 is 0. The first-order valence-electron chi connectivity index (χ1n) is 11.5. The third-order valence-electron chi connectivity index (χ3n) is 6.39. The van der Waals surface area contributed by atoms with E-state index in [1.807, 2.05) is 4.90 Å². The number of nitrogens with one attached hydrogen (secondary N) is 2. The summed E-state index contributed by atoms with van der Waals surface area (Å²) in [5, 5.41) is 28.5. The molecule has 0 aromatic heterocycles. The SMILES string of the molecule is C[C@@H]1CC([C@@H](C)O)C(=O)NC(C(=O)OC(=O)c2ccc([N+](=O)[O-])cc2)=C1CN1CC[C@H](NS(N)(=O)=O)C1. The number of nitro groups is 1. The number of non-ortho nitro benzene ring substituents is 1. The summed E-state index contributed by atoms with van der Waals surface area (Å²) in [6, 6.07) is 4.03. The van der Waals surface area contributed by atoms with E-state index in [0.717, 1.165) is 24.3 Å². The molecule has 0 radical (unpaired) electrons. The van der Waals surface area contributed by atoms with Gasteiger partial charge in [0, 0.05) is 37.8 Å². The highest BCUT2D eigenvalue weighted by Crippen LogP contribution is 2.30. The van der Waals surface area contributed by atoms with Crippen LogP contribution >= 0.6 is 0 Å². The average molecular weight is 540 g/mol. The monoisotopic (exact) mass is 539 g/mol. The minimum Gasteiger partial charge on any atom is -0.393 e. The van der Waals surface area contributed by atoms with Crippen molar-refractivity contribution in [2.24, 2.45) is 17.0 Å². The Morgan fingerprint density at radius 2 is 1.97 bits per heavy atom. The smallest absolute Gasteiger partial charge is 0.362 e. The number of carbonyl (C=O) groups is 3. The van der Waals surface area contributed by atoms with E-state index in [2.05, 4.69) is 10.0 Å². The fraction of sp³-hybridized carbons (Fsp3) is 0.500. The Kier molecular flexibility index (Phi) is 8.76. The molecule has 1 fully saturated rings. The zero-order valence-corrected chi connectivity index (χ0v) is 21.1. The molecule has 1 unspecified atom stereocenters. The first kappa shape index (κ1) is 28.3. The van der Waals surface area contributed by atoms with E-state index in [9.17, 15) is 38.0 Å². The summed E-state index contributed by atoms with van der Waals surface area (Å²) in [6.45, 7) is 4.16. The van der Waals surface area contributed by atoms with Crippen molar-refractivity contribution in [1.29, 1.82) is 0 Å². The highest BCUT2D eigenvalue weighted by atomic mass is 32.2. The Labute approximate surface area is 213 Å². The fourth-order valence-corrected chi connectivity index (χ4v) is 5.12. The summed E-state index contributed by atoms with van der Waals surface area (Å²) in [5.41, 5.74) is -0.136. The molecule has 0 spiro atoms. The summed E-state index contributed by atoms with van der Waals surface area (Å²) in [7, 11) is -3.90. The third-order valence-corrected chi connectivity index (χ3v) is 7.05. The Bertz CT molecular complexity index is 1210. The highest BCUT2D eigenvalue weighted by molar-refractivity contribution is 7.87. The molecule has 1 aromatic carbocycles. The molecule has 1 amide bonds. The molecule has 2 aliphatic heterocycles. The van der Waals surface area contributed by atoms with Crippen molar-refractivity contribution in [2.45, 2.75) is 38.8 Å². The minimum absolute atomic E-state index is 0.104. The van der Waals surface area contributed by atoms with Gasteiger partial charge in [-0.3, -0.25) is 19.8 Å². The van der Waals surface area contributed by atoms with Crippen LogP contribution in [-0.2, 0) is 24.5 Å². The quantitative estimate of drug-likeness (QED) is 0.145. The Morgan fingerprint density at radius 3 is 2.54 bits per heavy atom. The molecule has 14 nitrogen and oxygen atoms in total. The van der Waals surface area contributed by atoms with Crippen molar-refractivity contribution in [3.05, 3.63) is 51.2 Å². The number of aliphatic hydroxyl groups excluding tert-OH is 1. The van der Waals surface area contributed by atoms with Crippen LogP contribution in [0.15, 0.2) is 35.5 Å². The molecule has 0 bridgehead atoms. The topological polar surface area (TPSA) is 211 Å². The molecule has 202 valence electrons. The van der Waals surface area contributed by atoms with Crippen LogP contribution in [0.4, 0.5) is 5.69 Å². The highest BCUT2D eigenvalue weighted by Gasteiger charge is 2.37. The standard InChI is InChI=1S/C22H29N5O9S/c1-12-9-17(13(2)28)20(29)24-19(18(12)11-26-8-7-15(10-26)25-37(23,34)35)22(31)36-21(30)14-3-5-16(6-4-14)27(32)33/h3-6,12-13,15,17,25,28H,7-11H2,1-2H3,(H,24,29)(H2,23,34,35)/t12-,13-,15+,17?/m1/s1. The van der Waals surface area contributed by atoms with E-state index in [4.69, 9.17) is 9.88 Å². The third kappa shape index (κ3) is 7.39. The average Bonchev–Trinajstić information content (AvgIpc) is 3.18. The molecule has 1 saturated heterocycles. The Balaban J connectivity index is 1.85. The van der Waals surface area contributed by atoms with Crippen LogP contribution in [0.2, 0.25) is 0 Å². The van der Waals surface area contributed by atoms with Crippen LogP contribution in [0.25, 0.3) is 0 Å². The predicted molar refractivity (Wildman–Crippen MR) is 129 cm³/mol. The van der Waals surface area contributed by atoms with E-state index < -0.39 is 51.0 Å². The van der Waals surface area contributed by atoms with E-state index in [-0.39, 0.29) is 35.8 Å². The number of esters is 2. The molecule has 15 heteroatoms. The maximum absolute atomic E-state index is 13.1. The molecule has 5 N–H and O–H groups in total. The second-order valence-corrected chi connectivity index (χ2v) is 10.6. The van der Waals surface area contributed by atoms with Crippen molar-refractivity contribution in [3.63, 3.8) is 0 Å². The fourth-order valence-electron chi connectivity index (χ4n) is 4.46. The lowest BCUT2D eigenvalue weighted by atomic mass is 9.87. The number of hydrogen-bond acceptors (Lipinski definition) is 10. The molecule has 2 heterocycles. The lowest BCUT2D eigenvalue weighted by Crippen LogP contribution is -2.41. The minimum atomic E-state index is -3.90. The van der Waals surface area contributed by atoms with E-state index >= 15 is 0 Å². The molecular weight excluding hydrogens is 510 g/mol. The molecule has 1 aromatic rings. The predicted octanol–water partition coefficient (Wildman–Crippen LogP) is -0.447. The number of ether oxygens (including phenoxy) is 1. The Morgan fingerprint density at radius 1 is 1.32 bits per heavy atom. The van der Waals surface area contributed by atoms with Crippen LogP contribution in [0.1, 0.15) is 37.0 Å². The van der Waals surface area contributed by atoms with Crippen molar-refractivity contribution in [1.82, 2.24) is 14.9 Å². The van der Waals surface area contributed by atoms with Crippen LogP contribution in [0.3, 0.4) is 0 Å². The van der Waals surface area contributed by atoms with Gasteiger partial charge in [0.2, 0.25) is 5.91 Å². The van der Waals surface area contributed by atoms with Gasteiger partial charge in [-0.2, -0.15) is 13.1 Å². The molecular formula is C22H29N5O9S. The van der Waals surface area contributed by atoms with Gasteiger partial charge in [0.25, 0.3) is 15.9 Å². The van der Waals surface area contributed by atoms with Gasteiger partial charge in [0.1, 0.15) is 5.70 Å². The van der Waals surface area contributed by atoms with Crippen molar-refractivity contribution in [2.75, 3.05) is 19.6 Å². The maximum Gasteiger partial charge on any atom is 0.362 e. The number of benzene rings is 1. The van der Waals surface area contributed by atoms with Gasteiger partial charge in [0.05, 0.1) is 22.5 Å². The van der Waals surface area contributed by atoms with E-state index in [1.165, 1.54) is 6.92 Å². The normalized spacial score (nSPS) is 23.8. The zero-order chi connectivity index (χ0) is 27.5. The number of aliphatic hydroxyl groups is 1. The molecule has 2 aliphatic rings. The first-order valence-corrected chi connectivity index (χ1v) is 13.0. The molecule has 37 heavy (non-hydrogen) atoms. The number of amides is 1. The summed E-state index contributed by atoms with van der Waals surface area (Å²) < 4.78 is 30.1. The molecule has 0 saturated carbocycles. The second-order valence-electron chi connectivity index (χ2n) is 9.24. The van der Waals surface area contributed by atoms with Gasteiger partial charge in [-0.15, -0.1) is 0 Å². The van der Waals surface area contributed by atoms with Crippen LogP contribution in [0.5, 0.6) is 0 Å². The number of nitrogens with zero attached hydrogens (tertiary/aromatic N) is 2. The van der Waals surface area contributed by atoms with Crippen molar-refractivity contribution in [3.8, 4) is 0 Å². The number of carbonyl (C=O) groups excluding carboxylic acids is 3. The van der Waals surface area contributed by atoms with E-state index in [0.29, 0.717) is 25.1 Å². The second kappa shape index (κ2) is 11.4. The summed E-state index contributed by atoms with van der Waals surface area (Å²) in [5.74, 6) is -4.01. The van der Waals surface area contributed by atoms with Gasteiger partial charge in [-0.25, -0.2) is 14.7 Å². The molecule has 3 rings (SSSR count). The van der Waals surface area contributed by atoms with Crippen molar-refractivity contribution < 1.29 is 37.6 Å². The molecule has 0 aliphatic carbocycles. The number of hydrogen-bond donors (Lipinski definition) is 4. The van der Waals surface area contributed by atoms with Gasteiger partial charge >= 0.3 is 11.9 Å². The lowest BCUT2D eigenvalue weighted by molar-refractivity contribution is -0.384. The van der Waals surface area contributed by atoms with Gasteiger partial charge in [-0.1, -0.05) is 6.92 Å². The number of nitro benzene ring substituents is 1. The van der Waals surface area contributed by atoms with E-state index in [1.54, 1.807) is 6.92 Å². The Hall–Kier alpha value is -3.24. The van der Waals surface area contributed by atoms with Gasteiger partial charge in [-0.05, 0) is 43.4 Å². The van der Waals surface area contributed by atoms with Crippen molar-refractivity contribution >= 4 is 33.7 Å². The number of nitrogens with two attached hydrogens (primary N) is 1. The van der Waals surface area contributed by atoms with Gasteiger partial charge < -0.3 is 15.2 Å². The largest absolute Gasteiger partial charge is 0.393 e. The molecule has 4 atom stereocenters. The lowest BCUT2D eigenvalue weighted by Gasteiger charge is -2.24. The van der Waals surface area contributed by atoms with Crippen LogP contribution in [-0.4, -0.2) is 73.0 Å². The zero-order valence-electron chi connectivity index (χ0n) is 20.2.